The molecule has 36 heavy (non-hydrogen) atoms. The number of aromatic nitrogens is 1. The third-order valence-corrected chi connectivity index (χ3v) is 5.49. The van der Waals surface area contributed by atoms with Crippen LogP contribution < -0.4 is 19.8 Å². The van der Waals surface area contributed by atoms with Crippen LogP contribution in [0.4, 0.5) is 14.5 Å². The Morgan fingerprint density at radius 3 is 2.25 bits per heavy atom. The molecule has 1 amide bonds. The van der Waals surface area contributed by atoms with E-state index in [-0.39, 0.29) is 28.9 Å². The molecule has 3 aromatic carbocycles. The molecule has 0 aliphatic heterocycles. The number of methoxy groups -OCH3 is 2. The summed E-state index contributed by atoms with van der Waals surface area (Å²) in [5.74, 6) is 0.380. The van der Waals surface area contributed by atoms with Crippen molar-refractivity contribution < 1.29 is 28.2 Å². The van der Waals surface area contributed by atoms with Crippen molar-refractivity contribution in [2.24, 2.45) is 0 Å². The number of hydrogen-bond acceptors (Lipinski definition) is 5. The van der Waals surface area contributed by atoms with E-state index in [2.05, 4.69) is 5.92 Å². The molecule has 0 aliphatic carbocycles. The predicted octanol–water partition coefficient (Wildman–Crippen LogP) is 4.27. The van der Waals surface area contributed by atoms with Crippen LogP contribution in [-0.2, 0) is 0 Å². The van der Waals surface area contributed by atoms with E-state index >= 15 is 0 Å². The summed E-state index contributed by atoms with van der Waals surface area (Å²) in [6, 6.07) is 11.6. The molecule has 0 atom stereocenters. The minimum absolute atomic E-state index is 0.103. The number of halogens is 2. The largest absolute Gasteiger partial charge is 0.508 e. The van der Waals surface area contributed by atoms with Crippen molar-refractivity contribution in [3.63, 3.8) is 0 Å². The number of carbonyl (C=O) groups excluding carboxylic acids is 1. The number of fused-ring (bicyclic) bond motifs is 1. The summed E-state index contributed by atoms with van der Waals surface area (Å²) in [5.41, 5.74) is -0.353. The quantitative estimate of drug-likeness (QED) is 0.409. The lowest BCUT2D eigenvalue weighted by atomic mass is 10.1. The average molecular weight is 490 g/mol. The summed E-state index contributed by atoms with van der Waals surface area (Å²) >= 11 is 0. The normalized spacial score (nSPS) is 10.6. The number of phenols is 1. The monoisotopic (exact) mass is 490 g/mol. The number of anilines is 1. The summed E-state index contributed by atoms with van der Waals surface area (Å²) in [4.78, 5) is 27.9. The number of amides is 1. The molecule has 0 bridgehead atoms. The minimum Gasteiger partial charge on any atom is -0.508 e. The Balaban J connectivity index is 1.99. The summed E-state index contributed by atoms with van der Waals surface area (Å²) in [6.07, 6.45) is 6.70. The fraction of sp³-hybridized carbons (Fsp3) is 0.111. The SMILES string of the molecule is C#CCN(C(=O)c1cn(-c2cc(OC)cc(OC)c2)c2cc(O)ccc2c1=O)c1cc(F)cc(F)c1. The van der Waals surface area contributed by atoms with Crippen LogP contribution in [0.5, 0.6) is 17.2 Å². The highest BCUT2D eigenvalue weighted by molar-refractivity contribution is 6.08. The fourth-order valence-corrected chi connectivity index (χ4v) is 3.82. The van der Waals surface area contributed by atoms with Gasteiger partial charge in [0.25, 0.3) is 5.91 Å². The van der Waals surface area contributed by atoms with Crippen LogP contribution in [0.25, 0.3) is 16.6 Å². The number of nitrogens with zero attached hydrogens (tertiary/aromatic N) is 2. The predicted molar refractivity (Wildman–Crippen MR) is 131 cm³/mol. The maximum atomic E-state index is 13.9. The summed E-state index contributed by atoms with van der Waals surface area (Å²) in [6.45, 7) is -0.345. The van der Waals surface area contributed by atoms with Gasteiger partial charge in [-0.2, -0.15) is 0 Å². The second-order valence-electron chi connectivity index (χ2n) is 7.74. The Bertz CT molecular complexity index is 1550. The first kappa shape index (κ1) is 24.3. The number of ether oxygens (including phenoxy) is 2. The van der Waals surface area contributed by atoms with Crippen LogP contribution in [0.3, 0.4) is 0 Å². The minimum atomic E-state index is -0.908. The van der Waals surface area contributed by atoms with Gasteiger partial charge in [-0.3, -0.25) is 14.5 Å². The molecule has 0 saturated heterocycles. The number of benzene rings is 3. The van der Waals surface area contributed by atoms with Gasteiger partial charge in [-0.1, -0.05) is 5.92 Å². The van der Waals surface area contributed by atoms with Gasteiger partial charge in [0.05, 0.1) is 37.7 Å². The maximum Gasteiger partial charge on any atom is 0.264 e. The van der Waals surface area contributed by atoms with Crippen molar-refractivity contribution in [1.82, 2.24) is 4.57 Å². The lowest BCUT2D eigenvalue weighted by Crippen LogP contribution is -2.35. The van der Waals surface area contributed by atoms with E-state index in [4.69, 9.17) is 15.9 Å². The Morgan fingerprint density at radius 2 is 1.67 bits per heavy atom. The number of carbonyl (C=O) groups is 1. The smallest absolute Gasteiger partial charge is 0.264 e. The van der Waals surface area contributed by atoms with Crippen molar-refractivity contribution in [2.75, 3.05) is 25.7 Å². The van der Waals surface area contributed by atoms with E-state index in [9.17, 15) is 23.5 Å². The van der Waals surface area contributed by atoms with Gasteiger partial charge in [0.2, 0.25) is 5.43 Å². The highest BCUT2D eigenvalue weighted by Gasteiger charge is 2.24. The van der Waals surface area contributed by atoms with Gasteiger partial charge in [-0.05, 0) is 24.3 Å². The van der Waals surface area contributed by atoms with Crippen molar-refractivity contribution in [2.45, 2.75) is 0 Å². The Labute approximate surface area is 204 Å². The number of phenolic OH excluding ortho intramolecular Hbond substituents is 1. The molecule has 1 heterocycles. The first-order valence-electron chi connectivity index (χ1n) is 10.6. The van der Waals surface area contributed by atoms with Crippen LogP contribution in [0.15, 0.2) is 65.6 Å². The third kappa shape index (κ3) is 4.57. The molecule has 4 aromatic rings. The van der Waals surface area contributed by atoms with Crippen molar-refractivity contribution >= 4 is 22.5 Å². The van der Waals surface area contributed by atoms with Gasteiger partial charge in [0.1, 0.15) is 34.4 Å². The molecule has 0 saturated carbocycles. The molecule has 9 heteroatoms. The second-order valence-corrected chi connectivity index (χ2v) is 7.74. The average Bonchev–Trinajstić information content (AvgIpc) is 2.86. The molecule has 4 rings (SSSR count). The zero-order valence-corrected chi connectivity index (χ0v) is 19.3. The summed E-state index contributed by atoms with van der Waals surface area (Å²) in [7, 11) is 2.94. The maximum absolute atomic E-state index is 13.9. The van der Waals surface area contributed by atoms with Gasteiger partial charge in [0, 0.05) is 41.9 Å². The zero-order valence-electron chi connectivity index (χ0n) is 19.3. The van der Waals surface area contributed by atoms with Gasteiger partial charge in [-0.15, -0.1) is 6.42 Å². The Hall–Kier alpha value is -4.84. The van der Waals surface area contributed by atoms with Crippen LogP contribution in [0.2, 0.25) is 0 Å². The Morgan fingerprint density at radius 1 is 1.03 bits per heavy atom. The van der Waals surface area contributed by atoms with Crippen LogP contribution >= 0.6 is 0 Å². The van der Waals surface area contributed by atoms with Crippen molar-refractivity contribution in [3.05, 3.63) is 88.2 Å². The highest BCUT2D eigenvalue weighted by atomic mass is 19.1. The lowest BCUT2D eigenvalue weighted by Gasteiger charge is -2.22. The van der Waals surface area contributed by atoms with E-state index in [1.807, 2.05) is 0 Å². The van der Waals surface area contributed by atoms with E-state index in [1.165, 1.54) is 43.2 Å². The lowest BCUT2D eigenvalue weighted by molar-refractivity contribution is 0.0988. The summed E-state index contributed by atoms with van der Waals surface area (Å²) in [5, 5.41) is 10.2. The molecular formula is C27H20F2N2O5. The topological polar surface area (TPSA) is 81.0 Å². The first-order chi connectivity index (χ1) is 17.2. The van der Waals surface area contributed by atoms with E-state index in [1.54, 1.807) is 18.2 Å². The summed E-state index contributed by atoms with van der Waals surface area (Å²) < 4.78 is 40.0. The van der Waals surface area contributed by atoms with Gasteiger partial charge in [0.15, 0.2) is 0 Å². The molecule has 1 N–H and O–H groups in total. The molecule has 0 radical (unpaired) electrons. The molecule has 0 unspecified atom stereocenters. The van der Waals surface area contributed by atoms with Gasteiger partial charge in [-0.25, -0.2) is 8.78 Å². The van der Waals surface area contributed by atoms with Crippen molar-refractivity contribution in [1.29, 1.82) is 0 Å². The molecular weight excluding hydrogens is 470 g/mol. The van der Waals surface area contributed by atoms with Crippen LogP contribution in [-0.4, -0.2) is 36.3 Å². The Kier molecular flexibility index (Phi) is 6.61. The fourth-order valence-electron chi connectivity index (χ4n) is 3.82. The van der Waals surface area contributed by atoms with Gasteiger partial charge < -0.3 is 19.1 Å². The number of hydrogen-bond donors (Lipinski definition) is 1. The molecule has 0 spiro atoms. The number of terminal acetylenes is 1. The second kappa shape index (κ2) is 9.80. The third-order valence-electron chi connectivity index (χ3n) is 5.49. The van der Waals surface area contributed by atoms with Gasteiger partial charge >= 0.3 is 0 Å². The van der Waals surface area contributed by atoms with E-state index in [0.29, 0.717) is 28.8 Å². The molecule has 0 fully saturated rings. The number of rotatable bonds is 6. The zero-order chi connectivity index (χ0) is 26.0. The van der Waals surface area contributed by atoms with Crippen LogP contribution in [0.1, 0.15) is 10.4 Å². The molecule has 1 aromatic heterocycles. The molecule has 0 aliphatic rings. The highest BCUT2D eigenvalue weighted by Crippen LogP contribution is 2.29. The molecule has 182 valence electrons. The van der Waals surface area contributed by atoms with E-state index in [0.717, 1.165) is 17.0 Å². The number of pyridine rings is 1. The van der Waals surface area contributed by atoms with Crippen molar-refractivity contribution in [3.8, 4) is 35.3 Å². The van der Waals surface area contributed by atoms with E-state index < -0.39 is 23.0 Å². The number of aromatic hydroxyl groups is 1. The first-order valence-corrected chi connectivity index (χ1v) is 10.6. The van der Waals surface area contributed by atoms with Crippen LogP contribution in [0, 0.1) is 24.0 Å². The standard InChI is InChI=1S/C27H20F2N2O5/c1-4-7-30(18-9-16(28)8-17(29)10-18)27(34)24-15-31(19-11-21(35-2)14-22(12-19)36-3)25-13-20(32)5-6-23(25)26(24)33/h1,5-6,8-15,32H,7H2,2-3H3. The molecule has 7 nitrogen and oxygen atoms in total.